The molecule has 1 fully saturated rings. The number of aryl methyl sites for hydroxylation is 1. The van der Waals surface area contributed by atoms with Crippen molar-refractivity contribution in [1.29, 1.82) is 0 Å². The number of benzene rings is 1. The normalized spacial score (nSPS) is 19.7. The van der Waals surface area contributed by atoms with E-state index in [0.717, 1.165) is 31.2 Å². The quantitative estimate of drug-likeness (QED) is 0.599. The second-order valence-electron chi connectivity index (χ2n) is 9.05. The molecule has 4 heteroatoms. The predicted molar refractivity (Wildman–Crippen MR) is 116 cm³/mol. The van der Waals surface area contributed by atoms with Gasteiger partial charge in [-0.1, -0.05) is 57.5 Å². The summed E-state index contributed by atoms with van der Waals surface area (Å²) in [7, 11) is 0. The maximum absolute atomic E-state index is 12.1. The van der Waals surface area contributed by atoms with Gasteiger partial charge in [0, 0.05) is 11.4 Å². The van der Waals surface area contributed by atoms with Gasteiger partial charge >= 0.3 is 5.97 Å². The molecule has 0 radical (unpaired) electrons. The number of hydrogen-bond acceptors (Lipinski definition) is 3. The van der Waals surface area contributed by atoms with Crippen LogP contribution in [0.2, 0.25) is 0 Å². The summed E-state index contributed by atoms with van der Waals surface area (Å²) < 4.78 is 0. The van der Waals surface area contributed by atoms with E-state index in [1.165, 1.54) is 18.4 Å². The fourth-order valence-corrected chi connectivity index (χ4v) is 5.42. The molecule has 2 atom stereocenters. The summed E-state index contributed by atoms with van der Waals surface area (Å²) in [5.41, 5.74) is 2.88. The van der Waals surface area contributed by atoms with E-state index >= 15 is 0 Å². The Hall–Kier alpha value is -1.81. The molecule has 1 aliphatic carbocycles. The van der Waals surface area contributed by atoms with Crippen molar-refractivity contribution in [2.75, 3.05) is 0 Å². The number of hydrogen-bond donors (Lipinski definition) is 1. The van der Waals surface area contributed by atoms with Crippen molar-refractivity contribution in [1.82, 2.24) is 4.98 Å². The van der Waals surface area contributed by atoms with Gasteiger partial charge in [0.05, 0.1) is 5.56 Å². The largest absolute Gasteiger partial charge is 0.478 e. The summed E-state index contributed by atoms with van der Waals surface area (Å²) in [5.74, 6) is -0.272. The molecule has 2 aromatic rings. The number of nitrogens with zero attached hydrogens (tertiary/aromatic N) is 1. The molecule has 0 saturated heterocycles. The molecular weight excluding hydrogens is 366 g/mol. The zero-order valence-electron chi connectivity index (χ0n) is 17.1. The van der Waals surface area contributed by atoms with E-state index in [9.17, 15) is 9.90 Å². The zero-order valence-corrected chi connectivity index (χ0v) is 18.0. The van der Waals surface area contributed by atoms with Crippen molar-refractivity contribution in [3.63, 3.8) is 0 Å². The molecule has 1 aromatic carbocycles. The molecule has 0 bridgehead atoms. The number of carboxylic acid groups (broad SMARTS) is 1. The standard InChI is InChI=1S/C24H31NO2S/c1-24(2,3)14-12-18-13-15-25-22(21(18)23(26)27)28-20-11-7-10-19(20)16-17-8-5-4-6-9-17/h4-6,8-9,13,15,19-20H,7,10-12,14,16H2,1-3H3,(H,26,27). The van der Waals surface area contributed by atoms with Gasteiger partial charge in [0.1, 0.15) is 5.03 Å². The van der Waals surface area contributed by atoms with Crippen LogP contribution in [0.3, 0.4) is 0 Å². The lowest BCUT2D eigenvalue weighted by atomic mass is 9.88. The highest BCUT2D eigenvalue weighted by Crippen LogP contribution is 2.41. The Kier molecular flexibility index (Phi) is 6.82. The first-order chi connectivity index (χ1) is 13.3. The van der Waals surface area contributed by atoms with Crippen LogP contribution in [0.5, 0.6) is 0 Å². The van der Waals surface area contributed by atoms with E-state index in [0.29, 0.717) is 21.8 Å². The predicted octanol–water partition coefficient (Wildman–Crippen LogP) is 6.26. The van der Waals surface area contributed by atoms with Crippen LogP contribution < -0.4 is 0 Å². The maximum atomic E-state index is 12.1. The Morgan fingerprint density at radius 3 is 2.61 bits per heavy atom. The first-order valence-corrected chi connectivity index (χ1v) is 11.1. The number of thioether (sulfide) groups is 1. The van der Waals surface area contributed by atoms with Gasteiger partial charge in [-0.05, 0) is 60.6 Å². The van der Waals surface area contributed by atoms with E-state index in [1.54, 1.807) is 18.0 Å². The van der Waals surface area contributed by atoms with E-state index in [-0.39, 0.29) is 5.41 Å². The molecule has 1 heterocycles. The number of carboxylic acids is 1. The van der Waals surface area contributed by atoms with Crippen LogP contribution >= 0.6 is 11.8 Å². The summed E-state index contributed by atoms with van der Waals surface area (Å²) in [6.07, 6.45) is 8.13. The van der Waals surface area contributed by atoms with Gasteiger partial charge in [-0.2, -0.15) is 0 Å². The minimum absolute atomic E-state index is 0.179. The average Bonchev–Trinajstić information content (AvgIpc) is 3.07. The van der Waals surface area contributed by atoms with Gasteiger partial charge in [0.15, 0.2) is 0 Å². The van der Waals surface area contributed by atoms with Crippen molar-refractivity contribution >= 4 is 17.7 Å². The van der Waals surface area contributed by atoms with Crippen LogP contribution in [0.15, 0.2) is 47.6 Å². The first-order valence-electron chi connectivity index (χ1n) is 10.3. The third kappa shape index (κ3) is 5.60. The van der Waals surface area contributed by atoms with E-state index in [1.807, 2.05) is 6.07 Å². The SMILES string of the molecule is CC(C)(C)CCc1ccnc(SC2CCCC2Cc2ccccc2)c1C(=O)O. The Morgan fingerprint density at radius 2 is 1.93 bits per heavy atom. The lowest BCUT2D eigenvalue weighted by molar-refractivity contribution is 0.0690. The highest BCUT2D eigenvalue weighted by Gasteiger charge is 2.30. The van der Waals surface area contributed by atoms with Crippen LogP contribution in [-0.4, -0.2) is 21.3 Å². The van der Waals surface area contributed by atoms with Gasteiger partial charge in [-0.25, -0.2) is 9.78 Å². The second kappa shape index (κ2) is 9.13. The van der Waals surface area contributed by atoms with Gasteiger partial charge in [-0.15, -0.1) is 11.8 Å². The average molecular weight is 398 g/mol. The van der Waals surface area contributed by atoms with E-state index in [4.69, 9.17) is 0 Å². The summed E-state index contributed by atoms with van der Waals surface area (Å²) in [4.78, 5) is 16.6. The van der Waals surface area contributed by atoms with Gasteiger partial charge in [-0.3, -0.25) is 0 Å². The first kappa shape index (κ1) is 20.9. The minimum atomic E-state index is -0.850. The lowest BCUT2D eigenvalue weighted by Gasteiger charge is -2.21. The Labute approximate surface area is 173 Å². The third-order valence-corrected chi connectivity index (χ3v) is 7.01. The Balaban J connectivity index is 1.78. The van der Waals surface area contributed by atoms with Crippen LogP contribution in [0.25, 0.3) is 0 Å². The third-order valence-electron chi connectivity index (χ3n) is 5.55. The summed E-state index contributed by atoms with van der Waals surface area (Å²) >= 11 is 1.69. The van der Waals surface area contributed by atoms with Crippen LogP contribution in [0.4, 0.5) is 0 Å². The van der Waals surface area contributed by atoms with Crippen LogP contribution in [0, 0.1) is 11.3 Å². The topological polar surface area (TPSA) is 50.2 Å². The molecule has 2 unspecified atom stereocenters. The van der Waals surface area contributed by atoms with Gasteiger partial charge < -0.3 is 5.11 Å². The second-order valence-corrected chi connectivity index (χ2v) is 10.3. The van der Waals surface area contributed by atoms with Crippen molar-refractivity contribution in [2.45, 2.75) is 69.6 Å². The summed E-state index contributed by atoms with van der Waals surface area (Å²) in [6, 6.07) is 12.5. The molecule has 150 valence electrons. The molecule has 3 rings (SSSR count). The number of pyridine rings is 1. The van der Waals surface area contributed by atoms with Gasteiger partial charge in [0.25, 0.3) is 0 Å². The minimum Gasteiger partial charge on any atom is -0.478 e. The Morgan fingerprint density at radius 1 is 1.18 bits per heavy atom. The lowest BCUT2D eigenvalue weighted by Crippen LogP contribution is -2.15. The zero-order chi connectivity index (χ0) is 20.1. The molecule has 0 spiro atoms. The Bertz CT molecular complexity index is 798. The monoisotopic (exact) mass is 397 g/mol. The summed E-state index contributed by atoms with van der Waals surface area (Å²) in [6.45, 7) is 6.57. The smallest absolute Gasteiger partial charge is 0.338 e. The molecule has 1 aliphatic rings. The van der Waals surface area contributed by atoms with Crippen molar-refractivity contribution in [3.8, 4) is 0 Å². The van der Waals surface area contributed by atoms with Crippen LogP contribution in [-0.2, 0) is 12.8 Å². The number of aromatic nitrogens is 1. The molecule has 1 N–H and O–H groups in total. The molecular formula is C24H31NO2S. The number of rotatable bonds is 7. The fourth-order valence-electron chi connectivity index (χ4n) is 3.97. The number of aromatic carboxylic acids is 1. The van der Waals surface area contributed by atoms with Crippen LogP contribution in [0.1, 0.15) is 67.9 Å². The highest BCUT2D eigenvalue weighted by molar-refractivity contribution is 8.00. The van der Waals surface area contributed by atoms with E-state index in [2.05, 4.69) is 56.1 Å². The highest BCUT2D eigenvalue weighted by atomic mass is 32.2. The molecule has 0 aliphatic heterocycles. The molecule has 1 saturated carbocycles. The van der Waals surface area contributed by atoms with Crippen molar-refractivity contribution in [2.24, 2.45) is 11.3 Å². The molecule has 1 aromatic heterocycles. The maximum Gasteiger partial charge on any atom is 0.338 e. The van der Waals surface area contributed by atoms with Gasteiger partial charge in [0.2, 0.25) is 0 Å². The van der Waals surface area contributed by atoms with Crippen molar-refractivity contribution in [3.05, 3.63) is 59.3 Å². The molecule has 28 heavy (non-hydrogen) atoms. The van der Waals surface area contributed by atoms with Crippen molar-refractivity contribution < 1.29 is 9.90 Å². The number of carbonyl (C=O) groups is 1. The molecule has 3 nitrogen and oxygen atoms in total. The van der Waals surface area contributed by atoms with E-state index < -0.39 is 5.97 Å². The molecule has 0 amide bonds. The summed E-state index contributed by atoms with van der Waals surface area (Å²) in [5, 5.41) is 11.0. The fraction of sp³-hybridized carbons (Fsp3) is 0.500.